The maximum Gasteiger partial charge on any atom is 0.323 e. The van der Waals surface area contributed by atoms with Crippen LogP contribution < -0.4 is 20.1 Å². The number of benzene rings is 3. The molecule has 0 aliphatic rings. The number of sulfonamides is 1. The Labute approximate surface area is 189 Å². The summed E-state index contributed by atoms with van der Waals surface area (Å²) in [6, 6.07) is 18.3. The molecule has 0 aliphatic heterocycles. The van der Waals surface area contributed by atoms with Crippen molar-refractivity contribution >= 4 is 54.1 Å². The molecule has 0 saturated carbocycles. The average molecular weight is 469 g/mol. The van der Waals surface area contributed by atoms with Gasteiger partial charge < -0.3 is 15.4 Å². The molecule has 32 heavy (non-hydrogen) atoms. The highest BCUT2D eigenvalue weighted by atomic mass is 32.2. The Kier molecular flexibility index (Phi) is 5.97. The van der Waals surface area contributed by atoms with Crippen molar-refractivity contribution in [2.24, 2.45) is 0 Å². The number of methoxy groups -OCH3 is 1. The van der Waals surface area contributed by atoms with Crippen molar-refractivity contribution in [3.05, 3.63) is 72.3 Å². The lowest BCUT2D eigenvalue weighted by Gasteiger charge is -2.12. The minimum absolute atomic E-state index is 0.157. The van der Waals surface area contributed by atoms with Crippen LogP contribution in [0.4, 0.5) is 21.3 Å². The van der Waals surface area contributed by atoms with E-state index in [9.17, 15) is 13.2 Å². The summed E-state index contributed by atoms with van der Waals surface area (Å²) in [5, 5.41) is 5.79. The molecular formula is C22H20N4O4S2. The first-order chi connectivity index (χ1) is 15.3. The van der Waals surface area contributed by atoms with E-state index < -0.39 is 16.1 Å². The first-order valence-electron chi connectivity index (χ1n) is 9.55. The lowest BCUT2D eigenvalue weighted by molar-refractivity contribution is 0.262. The number of aromatic nitrogens is 1. The molecule has 10 heteroatoms. The molecule has 8 nitrogen and oxygen atoms in total. The Morgan fingerprint density at radius 3 is 2.53 bits per heavy atom. The summed E-state index contributed by atoms with van der Waals surface area (Å²) in [6.07, 6.45) is 0. The second-order valence-corrected chi connectivity index (χ2v) is 9.62. The van der Waals surface area contributed by atoms with Crippen LogP contribution in [0.1, 0.15) is 5.56 Å². The molecule has 4 aromatic rings. The molecule has 164 valence electrons. The van der Waals surface area contributed by atoms with Gasteiger partial charge in [-0.1, -0.05) is 35.6 Å². The van der Waals surface area contributed by atoms with Crippen LogP contribution in [0.25, 0.3) is 10.2 Å². The van der Waals surface area contributed by atoms with Crippen molar-refractivity contribution in [3.63, 3.8) is 0 Å². The molecular weight excluding hydrogens is 448 g/mol. The summed E-state index contributed by atoms with van der Waals surface area (Å²) < 4.78 is 33.5. The van der Waals surface area contributed by atoms with E-state index in [-0.39, 0.29) is 10.0 Å². The van der Waals surface area contributed by atoms with E-state index in [1.807, 2.05) is 19.1 Å². The van der Waals surface area contributed by atoms with Gasteiger partial charge in [-0.2, -0.15) is 0 Å². The fraction of sp³-hybridized carbons (Fsp3) is 0.0909. The fourth-order valence-electron chi connectivity index (χ4n) is 3.02. The quantitative estimate of drug-likeness (QED) is 0.366. The lowest BCUT2D eigenvalue weighted by atomic mass is 10.2. The summed E-state index contributed by atoms with van der Waals surface area (Å²) in [7, 11) is -2.19. The molecule has 0 saturated heterocycles. The van der Waals surface area contributed by atoms with Crippen LogP contribution in [-0.4, -0.2) is 26.5 Å². The summed E-state index contributed by atoms with van der Waals surface area (Å²) >= 11 is 1.18. The molecule has 1 aromatic heterocycles. The number of aryl methyl sites for hydroxylation is 1. The molecule has 0 radical (unpaired) electrons. The molecule has 1 heterocycles. The maximum absolute atomic E-state index is 12.5. The number of ether oxygens (including phenoxy) is 1. The molecule has 3 N–H and O–H groups in total. The Hall–Kier alpha value is -3.63. The lowest BCUT2D eigenvalue weighted by Crippen LogP contribution is -2.19. The van der Waals surface area contributed by atoms with E-state index in [4.69, 9.17) is 4.74 Å². The summed E-state index contributed by atoms with van der Waals surface area (Å²) in [6.45, 7) is 1.92. The number of fused-ring (bicyclic) bond motifs is 1. The Bertz CT molecular complexity index is 1390. The number of anilines is 3. The topological polar surface area (TPSA) is 109 Å². The molecule has 2 amide bonds. The number of thiazole rings is 1. The van der Waals surface area contributed by atoms with E-state index in [2.05, 4.69) is 20.3 Å². The molecule has 4 rings (SSSR count). The molecule has 0 aliphatic carbocycles. The van der Waals surface area contributed by atoms with Crippen LogP contribution >= 0.6 is 11.3 Å². The zero-order valence-corrected chi connectivity index (χ0v) is 18.9. The minimum atomic E-state index is -3.73. The number of nitrogens with zero attached hydrogens (tertiary/aromatic N) is 1. The molecule has 0 bridgehead atoms. The largest absolute Gasteiger partial charge is 0.495 e. The number of nitrogens with one attached hydrogen (secondary N) is 3. The molecule has 0 atom stereocenters. The zero-order chi connectivity index (χ0) is 22.7. The predicted octanol–water partition coefficient (Wildman–Crippen LogP) is 5.06. The summed E-state index contributed by atoms with van der Waals surface area (Å²) in [5.41, 5.74) is 2.70. The number of hydrogen-bond donors (Lipinski definition) is 3. The Morgan fingerprint density at radius 1 is 1.00 bits per heavy atom. The van der Waals surface area contributed by atoms with Crippen LogP contribution in [0.2, 0.25) is 0 Å². The van der Waals surface area contributed by atoms with Crippen molar-refractivity contribution in [1.82, 2.24) is 4.98 Å². The third-order valence-corrected chi connectivity index (χ3v) is 6.94. The van der Waals surface area contributed by atoms with E-state index in [0.717, 1.165) is 10.3 Å². The number of amides is 2. The number of rotatable bonds is 6. The molecule has 3 aromatic carbocycles. The van der Waals surface area contributed by atoms with Crippen molar-refractivity contribution in [2.45, 2.75) is 11.8 Å². The SMILES string of the molecule is COc1ccc(C)cc1NC(=O)Nc1ccc2nc(NS(=O)(=O)c3ccccc3)sc2c1. The normalized spacial score (nSPS) is 11.2. The van der Waals surface area contributed by atoms with Crippen molar-refractivity contribution in [3.8, 4) is 5.75 Å². The van der Waals surface area contributed by atoms with Gasteiger partial charge in [0.1, 0.15) is 5.75 Å². The van der Waals surface area contributed by atoms with Gasteiger partial charge in [0.15, 0.2) is 5.13 Å². The second-order valence-electron chi connectivity index (χ2n) is 6.90. The summed E-state index contributed by atoms with van der Waals surface area (Å²) in [5.74, 6) is 0.555. The first-order valence-corrected chi connectivity index (χ1v) is 11.8. The van der Waals surface area contributed by atoms with Crippen molar-refractivity contribution in [1.29, 1.82) is 0 Å². The highest BCUT2D eigenvalue weighted by Crippen LogP contribution is 2.30. The van der Waals surface area contributed by atoms with E-state index in [0.29, 0.717) is 22.6 Å². The van der Waals surface area contributed by atoms with Gasteiger partial charge in [-0.15, -0.1) is 0 Å². The van der Waals surface area contributed by atoms with Crippen LogP contribution in [0.3, 0.4) is 0 Å². The van der Waals surface area contributed by atoms with Gasteiger partial charge in [-0.3, -0.25) is 4.72 Å². The van der Waals surface area contributed by atoms with Crippen LogP contribution in [0.15, 0.2) is 71.6 Å². The highest BCUT2D eigenvalue weighted by molar-refractivity contribution is 7.93. The maximum atomic E-state index is 12.5. The molecule has 0 unspecified atom stereocenters. The average Bonchev–Trinajstić information content (AvgIpc) is 3.15. The fourth-order valence-corrected chi connectivity index (χ4v) is 5.18. The summed E-state index contributed by atoms with van der Waals surface area (Å²) in [4.78, 5) is 16.9. The highest BCUT2D eigenvalue weighted by Gasteiger charge is 2.16. The number of carbonyl (C=O) groups excluding carboxylic acids is 1. The van der Waals surface area contributed by atoms with E-state index in [1.165, 1.54) is 30.6 Å². The third-order valence-electron chi connectivity index (χ3n) is 4.52. The van der Waals surface area contributed by atoms with Gasteiger partial charge >= 0.3 is 6.03 Å². The van der Waals surface area contributed by atoms with Gasteiger partial charge in [-0.25, -0.2) is 18.2 Å². The predicted molar refractivity (Wildman–Crippen MR) is 127 cm³/mol. The smallest absolute Gasteiger partial charge is 0.323 e. The van der Waals surface area contributed by atoms with Gasteiger partial charge in [-0.05, 0) is 55.0 Å². The zero-order valence-electron chi connectivity index (χ0n) is 17.2. The third kappa shape index (κ3) is 4.82. The Morgan fingerprint density at radius 2 is 1.78 bits per heavy atom. The van der Waals surface area contributed by atoms with Gasteiger partial charge in [0.25, 0.3) is 10.0 Å². The van der Waals surface area contributed by atoms with Gasteiger partial charge in [0, 0.05) is 5.69 Å². The monoisotopic (exact) mass is 468 g/mol. The van der Waals surface area contributed by atoms with Crippen LogP contribution in [0, 0.1) is 6.92 Å². The van der Waals surface area contributed by atoms with Gasteiger partial charge in [0.05, 0.1) is 27.9 Å². The molecule has 0 spiro atoms. The van der Waals surface area contributed by atoms with Crippen LogP contribution in [-0.2, 0) is 10.0 Å². The van der Waals surface area contributed by atoms with Gasteiger partial charge in [0.2, 0.25) is 0 Å². The molecule has 0 fully saturated rings. The first kappa shape index (κ1) is 21.6. The number of carbonyl (C=O) groups is 1. The second kappa shape index (κ2) is 8.85. The van der Waals surface area contributed by atoms with Crippen molar-refractivity contribution in [2.75, 3.05) is 22.5 Å². The Balaban J connectivity index is 1.50. The van der Waals surface area contributed by atoms with E-state index >= 15 is 0 Å². The minimum Gasteiger partial charge on any atom is -0.495 e. The van der Waals surface area contributed by atoms with Crippen molar-refractivity contribution < 1.29 is 17.9 Å². The van der Waals surface area contributed by atoms with E-state index in [1.54, 1.807) is 42.5 Å². The number of hydrogen-bond acceptors (Lipinski definition) is 6. The van der Waals surface area contributed by atoms with Crippen LogP contribution in [0.5, 0.6) is 5.75 Å². The standard InChI is InChI=1S/C22H20N4O4S2/c1-14-8-11-19(30-2)18(12-14)24-21(27)23-15-9-10-17-20(13-15)31-22(25-17)26-32(28,29)16-6-4-3-5-7-16/h3-13H,1-2H3,(H,25,26)(H2,23,24,27). The number of urea groups is 1.